The lowest BCUT2D eigenvalue weighted by atomic mass is 9.92. The molecule has 2 heterocycles. The predicted octanol–water partition coefficient (Wildman–Crippen LogP) is 6.43. The van der Waals surface area contributed by atoms with Gasteiger partial charge in [-0.05, 0) is 73.1 Å². The first-order valence-electron chi connectivity index (χ1n) is 11.8. The van der Waals surface area contributed by atoms with E-state index in [1.165, 1.54) is 27.7 Å². The summed E-state index contributed by atoms with van der Waals surface area (Å²) in [5.74, 6) is 0.375. The number of nitrogens with one attached hydrogen (secondary N) is 2. The van der Waals surface area contributed by atoms with Crippen molar-refractivity contribution in [3.8, 4) is 0 Å². The number of aryl methyl sites for hydroxylation is 3. The molecule has 4 nitrogen and oxygen atoms in total. The van der Waals surface area contributed by atoms with Crippen LogP contribution in [0.5, 0.6) is 0 Å². The van der Waals surface area contributed by atoms with Crippen molar-refractivity contribution in [1.82, 2.24) is 10.3 Å². The lowest BCUT2D eigenvalue weighted by Crippen LogP contribution is -2.25. The smallest absolute Gasteiger partial charge is 0.147 e. The molecule has 2 aromatic carbocycles. The molecule has 0 saturated heterocycles. The quantitative estimate of drug-likeness (QED) is 0.378. The Bertz CT molecular complexity index is 1450. The highest BCUT2D eigenvalue weighted by Crippen LogP contribution is 2.42. The number of H-pyrrole nitrogens is 1. The molecular weight excluding hydrogens is 455 g/mol. The SMILES string of the molecule is C=C/N=C1/C=C(C2=Cc3ccccc3CC2)S/C1=C(/N)NCCc1c(C)[nH]c2c(F)ccc(C)c12. The number of hydrogen-bond donors (Lipinski definition) is 3. The normalized spacial score (nSPS) is 17.9. The minimum atomic E-state index is -0.222. The summed E-state index contributed by atoms with van der Waals surface area (Å²) in [6.45, 7) is 8.41. The zero-order valence-corrected chi connectivity index (χ0v) is 20.9. The van der Waals surface area contributed by atoms with Crippen molar-refractivity contribution in [2.45, 2.75) is 33.1 Å². The van der Waals surface area contributed by atoms with Crippen molar-refractivity contribution < 1.29 is 4.39 Å². The van der Waals surface area contributed by atoms with Crippen LogP contribution in [-0.2, 0) is 12.8 Å². The second kappa shape index (κ2) is 9.62. The fourth-order valence-electron chi connectivity index (χ4n) is 4.91. The van der Waals surface area contributed by atoms with Crippen LogP contribution in [0.2, 0.25) is 0 Å². The van der Waals surface area contributed by atoms with Crippen LogP contribution in [0.4, 0.5) is 4.39 Å². The number of aromatic amines is 1. The molecule has 1 aromatic heterocycles. The van der Waals surface area contributed by atoms with Gasteiger partial charge >= 0.3 is 0 Å². The van der Waals surface area contributed by atoms with Crippen LogP contribution < -0.4 is 11.1 Å². The Morgan fingerprint density at radius 3 is 2.86 bits per heavy atom. The predicted molar refractivity (Wildman–Crippen MR) is 147 cm³/mol. The first kappa shape index (κ1) is 23.2. The van der Waals surface area contributed by atoms with Crippen LogP contribution in [0.15, 0.2) is 81.4 Å². The molecule has 5 rings (SSSR count). The van der Waals surface area contributed by atoms with Gasteiger partial charge in [0, 0.05) is 28.7 Å². The number of hydrogen-bond acceptors (Lipinski definition) is 4. The monoisotopic (exact) mass is 484 g/mol. The second-order valence-corrected chi connectivity index (χ2v) is 9.99. The van der Waals surface area contributed by atoms with Crippen LogP contribution in [0.1, 0.15) is 34.4 Å². The molecule has 0 bridgehead atoms. The molecule has 35 heavy (non-hydrogen) atoms. The second-order valence-electron chi connectivity index (χ2n) is 8.94. The number of allylic oxidation sites excluding steroid dienone is 3. The van der Waals surface area contributed by atoms with E-state index < -0.39 is 0 Å². The highest BCUT2D eigenvalue weighted by Gasteiger charge is 2.25. The van der Waals surface area contributed by atoms with Gasteiger partial charge in [0.15, 0.2) is 0 Å². The van der Waals surface area contributed by atoms with Crippen molar-refractivity contribution in [3.63, 3.8) is 0 Å². The summed E-state index contributed by atoms with van der Waals surface area (Å²) < 4.78 is 14.3. The first-order chi connectivity index (χ1) is 17.0. The van der Waals surface area contributed by atoms with E-state index in [4.69, 9.17) is 5.73 Å². The minimum Gasteiger partial charge on any atom is -0.385 e. The van der Waals surface area contributed by atoms with Crippen LogP contribution in [-0.4, -0.2) is 17.2 Å². The molecule has 1 aliphatic carbocycles. The molecule has 0 unspecified atom stereocenters. The van der Waals surface area contributed by atoms with Crippen LogP contribution in [0.3, 0.4) is 0 Å². The fraction of sp³-hybridized carbons (Fsp3) is 0.207. The number of aliphatic imine (C=N–C) groups is 1. The van der Waals surface area contributed by atoms with Gasteiger partial charge in [0.1, 0.15) is 11.6 Å². The topological polar surface area (TPSA) is 66.2 Å². The zero-order valence-electron chi connectivity index (χ0n) is 20.0. The molecule has 0 amide bonds. The molecule has 0 saturated carbocycles. The van der Waals surface area contributed by atoms with E-state index in [0.717, 1.165) is 52.1 Å². The standard InChI is InChI=1S/C29H29FN4S/c1-4-32-24-16-25(21-11-10-19-7-5-6-8-20(19)15-21)35-28(24)29(31)33-14-13-22-18(3)34-27-23(30)12-9-17(2)26(22)27/h4-9,12,15-16,33-34H,1,10-11,13-14,31H2,2-3H3/b29-28-,32-24-. The number of rotatable bonds is 6. The number of benzene rings is 2. The number of thioether (sulfide) groups is 1. The third-order valence-corrected chi connectivity index (χ3v) is 7.91. The molecule has 0 spiro atoms. The third-order valence-electron chi connectivity index (χ3n) is 6.67. The molecule has 6 heteroatoms. The maximum absolute atomic E-state index is 14.3. The van der Waals surface area contributed by atoms with E-state index >= 15 is 0 Å². The van der Waals surface area contributed by atoms with Gasteiger partial charge in [0.2, 0.25) is 0 Å². The third kappa shape index (κ3) is 4.46. The summed E-state index contributed by atoms with van der Waals surface area (Å²) in [5, 5.41) is 4.34. The van der Waals surface area contributed by atoms with Gasteiger partial charge in [-0.15, -0.1) is 0 Å². The van der Waals surface area contributed by atoms with Crippen LogP contribution in [0.25, 0.3) is 17.0 Å². The van der Waals surface area contributed by atoms with Gasteiger partial charge in [-0.2, -0.15) is 0 Å². The maximum Gasteiger partial charge on any atom is 0.147 e. The number of fused-ring (bicyclic) bond motifs is 2. The lowest BCUT2D eigenvalue weighted by molar-refractivity contribution is 0.637. The van der Waals surface area contributed by atoms with Gasteiger partial charge in [-0.25, -0.2) is 4.39 Å². The van der Waals surface area contributed by atoms with Crippen molar-refractivity contribution in [3.05, 3.63) is 110 Å². The summed E-state index contributed by atoms with van der Waals surface area (Å²) in [6, 6.07) is 11.9. The van der Waals surface area contributed by atoms with Gasteiger partial charge < -0.3 is 16.0 Å². The van der Waals surface area contributed by atoms with Gasteiger partial charge in [-0.3, -0.25) is 4.99 Å². The minimum absolute atomic E-state index is 0.222. The van der Waals surface area contributed by atoms with E-state index in [1.54, 1.807) is 18.0 Å². The Hall–Kier alpha value is -3.51. The number of nitrogens with zero attached hydrogens (tertiary/aromatic N) is 1. The summed E-state index contributed by atoms with van der Waals surface area (Å²) in [4.78, 5) is 9.78. The largest absolute Gasteiger partial charge is 0.385 e. The average Bonchev–Trinajstić information content (AvgIpc) is 3.43. The highest BCUT2D eigenvalue weighted by atomic mass is 32.2. The molecule has 178 valence electrons. The Labute approximate surface area is 209 Å². The molecule has 3 aromatic rings. The number of aromatic nitrogens is 1. The summed E-state index contributed by atoms with van der Waals surface area (Å²) in [6.07, 6.45) is 8.69. The van der Waals surface area contributed by atoms with Crippen molar-refractivity contribution in [2.75, 3.05) is 6.54 Å². The van der Waals surface area contributed by atoms with Crippen LogP contribution >= 0.6 is 11.8 Å². The van der Waals surface area contributed by atoms with E-state index in [9.17, 15) is 4.39 Å². The molecule has 2 aliphatic rings. The van der Waals surface area contributed by atoms with Crippen molar-refractivity contribution >= 4 is 34.5 Å². The summed E-state index contributed by atoms with van der Waals surface area (Å²) in [7, 11) is 0. The Morgan fingerprint density at radius 2 is 2.03 bits per heavy atom. The van der Waals surface area contributed by atoms with Gasteiger partial charge in [0.25, 0.3) is 0 Å². The Balaban J connectivity index is 1.35. The molecule has 4 N–H and O–H groups in total. The maximum atomic E-state index is 14.3. The molecule has 0 fully saturated rings. The summed E-state index contributed by atoms with van der Waals surface area (Å²) >= 11 is 1.66. The van der Waals surface area contributed by atoms with Crippen LogP contribution in [0, 0.1) is 19.7 Å². The van der Waals surface area contributed by atoms with E-state index in [-0.39, 0.29) is 5.82 Å². The van der Waals surface area contributed by atoms with E-state index in [0.29, 0.717) is 17.9 Å². The van der Waals surface area contributed by atoms with E-state index in [1.807, 2.05) is 19.9 Å². The highest BCUT2D eigenvalue weighted by molar-refractivity contribution is 8.08. The Morgan fingerprint density at radius 1 is 1.20 bits per heavy atom. The number of halogens is 1. The van der Waals surface area contributed by atoms with Gasteiger partial charge in [-0.1, -0.05) is 54.7 Å². The molecule has 1 aliphatic heterocycles. The number of nitrogens with two attached hydrogens (primary N) is 1. The summed E-state index contributed by atoms with van der Waals surface area (Å²) in [5.41, 5.74) is 15.1. The van der Waals surface area contributed by atoms with Crippen molar-refractivity contribution in [1.29, 1.82) is 0 Å². The molecule has 0 atom stereocenters. The van der Waals surface area contributed by atoms with Crippen molar-refractivity contribution in [2.24, 2.45) is 10.7 Å². The fourth-order valence-corrected chi connectivity index (χ4v) is 5.99. The Kier molecular flexibility index (Phi) is 6.39. The average molecular weight is 485 g/mol. The molecular formula is C29H29FN4S. The van der Waals surface area contributed by atoms with E-state index in [2.05, 4.69) is 58.3 Å². The lowest BCUT2D eigenvalue weighted by Gasteiger charge is -2.17. The molecule has 0 radical (unpaired) electrons. The zero-order chi connectivity index (χ0) is 24.5. The van der Waals surface area contributed by atoms with Gasteiger partial charge in [0.05, 0.1) is 16.1 Å². The first-order valence-corrected chi connectivity index (χ1v) is 12.6.